The molecule has 1 nitrogen and oxygen atoms in total. The van der Waals surface area contributed by atoms with Crippen molar-refractivity contribution in [2.45, 2.75) is 18.3 Å². The lowest BCUT2D eigenvalue weighted by molar-refractivity contribution is 0.467. The van der Waals surface area contributed by atoms with E-state index in [1.54, 1.807) is 0 Å². The Morgan fingerprint density at radius 1 is 0.889 bits per heavy atom. The molecule has 2 aromatic carbocycles. The molecule has 18 heavy (non-hydrogen) atoms. The first kappa shape index (κ1) is 11.5. The van der Waals surface area contributed by atoms with Gasteiger partial charge in [-0.05, 0) is 30.5 Å². The largest absolute Gasteiger partial charge is 0.316 e. The summed E-state index contributed by atoms with van der Waals surface area (Å²) in [6.45, 7) is 2.22. The quantitative estimate of drug-likeness (QED) is 0.864. The zero-order valence-electron chi connectivity index (χ0n) is 10.6. The summed E-state index contributed by atoms with van der Waals surface area (Å²) in [5.74, 6) is 0. The number of hydrogen-bond donors (Lipinski definition) is 1. The van der Waals surface area contributed by atoms with Gasteiger partial charge in [0.2, 0.25) is 0 Å². The molecule has 1 aliphatic rings. The van der Waals surface area contributed by atoms with E-state index in [-0.39, 0.29) is 5.41 Å². The van der Waals surface area contributed by atoms with Crippen LogP contribution in [0.4, 0.5) is 0 Å². The third kappa shape index (κ3) is 2.19. The fourth-order valence-corrected chi connectivity index (χ4v) is 3.02. The molecule has 2 aromatic rings. The van der Waals surface area contributed by atoms with E-state index in [2.05, 4.69) is 66.0 Å². The van der Waals surface area contributed by atoms with Crippen molar-refractivity contribution in [2.75, 3.05) is 13.1 Å². The summed E-state index contributed by atoms with van der Waals surface area (Å²) in [5, 5.41) is 3.53. The van der Waals surface area contributed by atoms with E-state index in [0.717, 1.165) is 19.5 Å². The molecular formula is C17H19N. The van der Waals surface area contributed by atoms with E-state index in [1.807, 2.05) is 0 Å². The van der Waals surface area contributed by atoms with Crippen molar-refractivity contribution in [1.82, 2.24) is 5.32 Å². The standard InChI is InChI=1S/C17H19N/c1-3-7-15(8-4-1)13-17(11-12-18-14-17)16-9-5-2-6-10-16/h1-10,18H,11-14H2. The normalized spacial score (nSPS) is 23.1. The predicted molar refractivity (Wildman–Crippen MR) is 75.8 cm³/mol. The van der Waals surface area contributed by atoms with Crippen molar-refractivity contribution in [3.05, 3.63) is 71.8 Å². The molecule has 1 atom stereocenters. The van der Waals surface area contributed by atoms with Crippen LogP contribution in [0.5, 0.6) is 0 Å². The Balaban J connectivity index is 1.93. The van der Waals surface area contributed by atoms with Crippen LogP contribution in [0.25, 0.3) is 0 Å². The van der Waals surface area contributed by atoms with E-state index in [9.17, 15) is 0 Å². The minimum atomic E-state index is 0.280. The molecule has 0 amide bonds. The average Bonchev–Trinajstić information content (AvgIpc) is 2.91. The summed E-state index contributed by atoms with van der Waals surface area (Å²) in [6, 6.07) is 21.8. The molecule has 1 N–H and O–H groups in total. The van der Waals surface area contributed by atoms with Gasteiger partial charge in [-0.1, -0.05) is 60.7 Å². The van der Waals surface area contributed by atoms with Crippen LogP contribution in [0.1, 0.15) is 17.5 Å². The highest BCUT2D eigenvalue weighted by molar-refractivity contribution is 5.31. The maximum Gasteiger partial charge on any atom is 0.0130 e. The van der Waals surface area contributed by atoms with Gasteiger partial charge in [-0.15, -0.1) is 0 Å². The van der Waals surface area contributed by atoms with Crippen molar-refractivity contribution >= 4 is 0 Å². The van der Waals surface area contributed by atoms with Crippen LogP contribution in [-0.2, 0) is 11.8 Å². The molecule has 0 aliphatic carbocycles. The fourth-order valence-electron chi connectivity index (χ4n) is 3.02. The monoisotopic (exact) mass is 237 g/mol. The highest BCUT2D eigenvalue weighted by atomic mass is 14.9. The summed E-state index contributed by atoms with van der Waals surface area (Å²) in [7, 11) is 0. The maximum absolute atomic E-state index is 3.53. The lowest BCUT2D eigenvalue weighted by atomic mass is 9.75. The van der Waals surface area contributed by atoms with Gasteiger partial charge < -0.3 is 5.32 Å². The summed E-state index contributed by atoms with van der Waals surface area (Å²) in [5.41, 5.74) is 3.19. The first-order valence-electron chi connectivity index (χ1n) is 6.69. The highest BCUT2D eigenvalue weighted by Crippen LogP contribution is 2.34. The van der Waals surface area contributed by atoms with Gasteiger partial charge >= 0.3 is 0 Å². The summed E-state index contributed by atoms with van der Waals surface area (Å²) in [6.07, 6.45) is 2.36. The second kappa shape index (κ2) is 4.95. The van der Waals surface area contributed by atoms with Crippen molar-refractivity contribution < 1.29 is 0 Å². The van der Waals surface area contributed by atoms with Gasteiger partial charge in [-0.25, -0.2) is 0 Å². The molecule has 1 heterocycles. The Morgan fingerprint density at radius 3 is 2.17 bits per heavy atom. The van der Waals surface area contributed by atoms with Crippen LogP contribution >= 0.6 is 0 Å². The molecule has 0 bridgehead atoms. The van der Waals surface area contributed by atoms with Gasteiger partial charge in [0.05, 0.1) is 0 Å². The predicted octanol–water partition coefficient (Wildman–Crippen LogP) is 3.16. The lowest BCUT2D eigenvalue weighted by Gasteiger charge is -2.29. The minimum Gasteiger partial charge on any atom is -0.316 e. The van der Waals surface area contributed by atoms with Crippen LogP contribution in [0, 0.1) is 0 Å². The van der Waals surface area contributed by atoms with Gasteiger partial charge in [0, 0.05) is 12.0 Å². The zero-order valence-corrected chi connectivity index (χ0v) is 10.6. The second-order valence-electron chi connectivity index (χ2n) is 5.24. The lowest BCUT2D eigenvalue weighted by Crippen LogP contribution is -2.31. The number of hydrogen-bond acceptors (Lipinski definition) is 1. The molecule has 1 aliphatic heterocycles. The van der Waals surface area contributed by atoms with Gasteiger partial charge in [-0.2, -0.15) is 0 Å². The highest BCUT2D eigenvalue weighted by Gasteiger charge is 2.35. The first-order chi connectivity index (χ1) is 8.89. The van der Waals surface area contributed by atoms with Gasteiger partial charge in [-0.3, -0.25) is 0 Å². The molecule has 1 saturated heterocycles. The summed E-state index contributed by atoms with van der Waals surface area (Å²) < 4.78 is 0. The maximum atomic E-state index is 3.53. The van der Waals surface area contributed by atoms with E-state index in [0.29, 0.717) is 0 Å². The Labute approximate surface area is 109 Å². The molecule has 0 aromatic heterocycles. The molecule has 92 valence electrons. The summed E-state index contributed by atoms with van der Waals surface area (Å²) in [4.78, 5) is 0. The molecule has 0 radical (unpaired) electrons. The molecule has 0 saturated carbocycles. The Kier molecular flexibility index (Phi) is 3.16. The second-order valence-corrected chi connectivity index (χ2v) is 5.24. The molecule has 1 unspecified atom stereocenters. The van der Waals surface area contributed by atoms with Crippen LogP contribution in [0.2, 0.25) is 0 Å². The summed E-state index contributed by atoms with van der Waals surface area (Å²) >= 11 is 0. The molecule has 1 fully saturated rings. The van der Waals surface area contributed by atoms with Gasteiger partial charge in [0.25, 0.3) is 0 Å². The van der Waals surface area contributed by atoms with Crippen molar-refractivity contribution in [3.63, 3.8) is 0 Å². The number of nitrogens with one attached hydrogen (secondary N) is 1. The van der Waals surface area contributed by atoms with E-state index >= 15 is 0 Å². The third-order valence-electron chi connectivity index (χ3n) is 4.02. The smallest absolute Gasteiger partial charge is 0.0130 e. The van der Waals surface area contributed by atoms with Crippen LogP contribution in [-0.4, -0.2) is 13.1 Å². The first-order valence-corrected chi connectivity index (χ1v) is 6.69. The fraction of sp³-hybridized carbons (Fsp3) is 0.294. The Morgan fingerprint density at radius 2 is 1.56 bits per heavy atom. The third-order valence-corrected chi connectivity index (χ3v) is 4.02. The zero-order chi connectivity index (χ0) is 12.3. The van der Waals surface area contributed by atoms with E-state index < -0.39 is 0 Å². The SMILES string of the molecule is c1ccc(CC2(c3ccccc3)CCNC2)cc1. The van der Waals surface area contributed by atoms with Gasteiger partial charge in [0.15, 0.2) is 0 Å². The van der Waals surface area contributed by atoms with E-state index in [1.165, 1.54) is 17.5 Å². The van der Waals surface area contributed by atoms with Crippen LogP contribution in [0.3, 0.4) is 0 Å². The average molecular weight is 237 g/mol. The van der Waals surface area contributed by atoms with Crippen LogP contribution in [0.15, 0.2) is 60.7 Å². The molecular weight excluding hydrogens is 218 g/mol. The Hall–Kier alpha value is -1.60. The van der Waals surface area contributed by atoms with Gasteiger partial charge in [0.1, 0.15) is 0 Å². The minimum absolute atomic E-state index is 0.280. The molecule has 1 heteroatoms. The van der Waals surface area contributed by atoms with Crippen LogP contribution < -0.4 is 5.32 Å². The number of benzene rings is 2. The molecule has 3 rings (SSSR count). The molecule has 0 spiro atoms. The Bertz CT molecular complexity index is 484. The number of rotatable bonds is 3. The van der Waals surface area contributed by atoms with Crippen molar-refractivity contribution in [3.8, 4) is 0 Å². The van der Waals surface area contributed by atoms with Crippen molar-refractivity contribution in [2.24, 2.45) is 0 Å². The topological polar surface area (TPSA) is 12.0 Å². The van der Waals surface area contributed by atoms with Crippen molar-refractivity contribution in [1.29, 1.82) is 0 Å². The van der Waals surface area contributed by atoms with E-state index in [4.69, 9.17) is 0 Å².